The van der Waals surface area contributed by atoms with Crippen molar-refractivity contribution in [1.82, 2.24) is 0 Å². The van der Waals surface area contributed by atoms with Crippen molar-refractivity contribution >= 4 is 21.8 Å². The van der Waals surface area contributed by atoms with Crippen molar-refractivity contribution in [2.45, 2.75) is 19.4 Å². The lowest BCUT2D eigenvalue weighted by molar-refractivity contribution is -0.129. The van der Waals surface area contributed by atoms with Crippen LogP contribution >= 0.6 is 0 Å². The van der Waals surface area contributed by atoms with Crippen molar-refractivity contribution in [2.24, 2.45) is 0 Å². The first-order valence-electron chi connectivity index (χ1n) is 3.41. The van der Waals surface area contributed by atoms with Gasteiger partial charge in [-0.1, -0.05) is 0 Å². The molecule has 0 bridgehead atoms. The summed E-state index contributed by atoms with van der Waals surface area (Å²) >= 11 is 0. The number of rotatable bonds is 5. The maximum atomic E-state index is 10.6. The van der Waals surface area contributed by atoms with Crippen LogP contribution in [0.5, 0.6) is 0 Å². The van der Waals surface area contributed by atoms with E-state index in [1.165, 1.54) is 6.92 Å². The third kappa shape index (κ3) is 6.23. The maximum absolute atomic E-state index is 10.6. The highest BCUT2D eigenvalue weighted by Crippen LogP contribution is 2.02. The molecule has 0 aliphatic heterocycles. The van der Waals surface area contributed by atoms with Crippen molar-refractivity contribution in [3.8, 4) is 0 Å². The third-order valence-electron chi connectivity index (χ3n) is 1.09. The molecule has 0 aliphatic rings. The van der Waals surface area contributed by atoms with Crippen LogP contribution < -0.4 is 0 Å². The number of carbonyl (C=O) groups is 1. The minimum Gasteiger partial charge on any atom is -0.477 e. The van der Waals surface area contributed by atoms with Crippen LogP contribution in [0.1, 0.15) is 13.3 Å². The van der Waals surface area contributed by atoms with Gasteiger partial charge in [-0.15, -0.1) is 0 Å². The molecular formula is C6H11NO5S. The van der Waals surface area contributed by atoms with Crippen molar-refractivity contribution < 1.29 is 22.5 Å². The number of carboxylic acids is 1. The average molecular weight is 209 g/mol. The van der Waals surface area contributed by atoms with Crippen LogP contribution in [-0.2, 0) is 19.1 Å². The highest BCUT2D eigenvalue weighted by Gasteiger charge is 2.15. The minimum atomic E-state index is -3.58. The Hall–Kier alpha value is -0.950. The van der Waals surface area contributed by atoms with E-state index in [2.05, 4.69) is 4.18 Å². The molecule has 0 rings (SSSR count). The first kappa shape index (κ1) is 12.0. The molecule has 0 spiro atoms. The van der Waals surface area contributed by atoms with Gasteiger partial charge in [-0.25, -0.2) is 4.79 Å². The predicted molar refractivity (Wildman–Crippen MR) is 45.4 cm³/mol. The summed E-state index contributed by atoms with van der Waals surface area (Å²) in [5.41, 5.74) is -0.573. The van der Waals surface area contributed by atoms with Crippen LogP contribution in [0.2, 0.25) is 0 Å². The molecule has 0 saturated heterocycles. The molecule has 0 aromatic rings. The van der Waals surface area contributed by atoms with Crippen LogP contribution in [0.15, 0.2) is 0 Å². The normalized spacial score (nSPS) is 13.7. The molecule has 0 aromatic heterocycles. The highest BCUT2D eigenvalue weighted by atomic mass is 32.2. The second-order valence-corrected chi connectivity index (χ2v) is 4.20. The van der Waals surface area contributed by atoms with E-state index in [4.69, 9.17) is 10.5 Å². The molecule has 7 heteroatoms. The van der Waals surface area contributed by atoms with E-state index in [-0.39, 0.29) is 6.42 Å². The van der Waals surface area contributed by atoms with Gasteiger partial charge in [0, 0.05) is 6.42 Å². The Labute approximate surface area is 76.2 Å². The van der Waals surface area contributed by atoms with Gasteiger partial charge in [0.1, 0.15) is 5.71 Å². The Morgan fingerprint density at radius 2 is 2.08 bits per heavy atom. The molecule has 0 aromatic carbocycles. The summed E-state index contributed by atoms with van der Waals surface area (Å²) in [5.74, 6) is -1.37. The minimum absolute atomic E-state index is 0.234. The number of hydrogen-bond acceptors (Lipinski definition) is 5. The number of nitrogens with one attached hydrogen (secondary N) is 1. The van der Waals surface area contributed by atoms with Crippen molar-refractivity contribution in [3.63, 3.8) is 0 Å². The lowest BCUT2D eigenvalue weighted by Crippen LogP contribution is -2.22. The van der Waals surface area contributed by atoms with Crippen molar-refractivity contribution in [1.29, 1.82) is 5.41 Å². The average Bonchev–Trinajstić information content (AvgIpc) is 1.81. The van der Waals surface area contributed by atoms with Gasteiger partial charge in [-0.2, -0.15) is 8.42 Å². The standard InChI is InChI=1S/C6H11NO5S/c1-4(12-13(2,10)11)3-5(7)6(8)9/h4,7H,3H2,1-2H3,(H,8,9)/t4-/m0/s1. The molecule has 13 heavy (non-hydrogen) atoms. The van der Waals surface area contributed by atoms with Gasteiger partial charge in [-0.3, -0.25) is 9.59 Å². The Kier molecular flexibility index (Phi) is 4.02. The summed E-state index contributed by atoms with van der Waals surface area (Å²) in [6.07, 6.45) is -0.186. The molecule has 76 valence electrons. The van der Waals surface area contributed by atoms with E-state index in [0.717, 1.165) is 6.26 Å². The summed E-state index contributed by atoms with van der Waals surface area (Å²) in [6, 6.07) is 0. The Balaban J connectivity index is 4.10. The molecule has 0 heterocycles. The molecule has 6 nitrogen and oxygen atoms in total. The van der Waals surface area contributed by atoms with Gasteiger partial charge in [0.25, 0.3) is 10.1 Å². The molecule has 0 aliphatic carbocycles. The van der Waals surface area contributed by atoms with Crippen molar-refractivity contribution in [2.75, 3.05) is 6.26 Å². The number of aliphatic carboxylic acids is 1. The molecule has 0 fully saturated rings. The summed E-state index contributed by atoms with van der Waals surface area (Å²) in [6.45, 7) is 1.39. The van der Waals surface area contributed by atoms with E-state index >= 15 is 0 Å². The summed E-state index contributed by atoms with van der Waals surface area (Å²) in [7, 11) is -3.58. The zero-order valence-corrected chi connectivity index (χ0v) is 8.09. The van der Waals surface area contributed by atoms with E-state index in [1.807, 2.05) is 0 Å². The molecular weight excluding hydrogens is 198 g/mol. The molecule has 2 N–H and O–H groups in total. The first-order valence-corrected chi connectivity index (χ1v) is 5.23. The highest BCUT2D eigenvalue weighted by molar-refractivity contribution is 7.86. The second-order valence-electron chi connectivity index (χ2n) is 2.60. The first-order chi connectivity index (χ1) is 5.72. The quantitative estimate of drug-likeness (QED) is 0.483. The fourth-order valence-corrected chi connectivity index (χ4v) is 1.37. The zero-order valence-electron chi connectivity index (χ0n) is 7.27. The van der Waals surface area contributed by atoms with Crippen LogP contribution in [0, 0.1) is 5.41 Å². The zero-order chi connectivity index (χ0) is 10.6. The molecule has 1 atom stereocenters. The van der Waals surface area contributed by atoms with E-state index in [1.54, 1.807) is 0 Å². The number of carboxylic acid groups (broad SMARTS) is 1. The van der Waals surface area contributed by atoms with E-state index < -0.39 is 27.9 Å². The lowest BCUT2D eigenvalue weighted by atomic mass is 10.2. The van der Waals surface area contributed by atoms with E-state index in [0.29, 0.717) is 0 Å². The van der Waals surface area contributed by atoms with Gasteiger partial charge in [0.15, 0.2) is 0 Å². The fraction of sp³-hybridized carbons (Fsp3) is 0.667. The van der Waals surface area contributed by atoms with E-state index in [9.17, 15) is 13.2 Å². The van der Waals surface area contributed by atoms with Crippen LogP contribution in [0.25, 0.3) is 0 Å². The van der Waals surface area contributed by atoms with Crippen LogP contribution in [-0.4, -0.2) is 37.6 Å². The summed E-state index contributed by atoms with van der Waals surface area (Å²) < 4.78 is 25.5. The largest absolute Gasteiger partial charge is 0.477 e. The third-order valence-corrected chi connectivity index (χ3v) is 1.77. The smallest absolute Gasteiger partial charge is 0.349 e. The monoisotopic (exact) mass is 209 g/mol. The van der Waals surface area contributed by atoms with Gasteiger partial charge in [-0.05, 0) is 6.92 Å². The fourth-order valence-electron chi connectivity index (χ4n) is 0.707. The topological polar surface area (TPSA) is 105 Å². The second kappa shape index (κ2) is 4.33. The van der Waals surface area contributed by atoms with Crippen molar-refractivity contribution in [3.05, 3.63) is 0 Å². The van der Waals surface area contributed by atoms with Gasteiger partial charge >= 0.3 is 5.97 Å². The molecule has 0 saturated carbocycles. The SMILES string of the molecule is C[C@@H](CC(=N)C(=O)O)OS(C)(=O)=O. The molecule has 0 unspecified atom stereocenters. The van der Waals surface area contributed by atoms with Gasteiger partial charge < -0.3 is 5.11 Å². The predicted octanol–water partition coefficient (Wildman–Crippen LogP) is -0.154. The van der Waals surface area contributed by atoms with Crippen LogP contribution in [0.3, 0.4) is 0 Å². The summed E-state index contributed by atoms with van der Waals surface area (Å²) in [5, 5.41) is 15.2. The maximum Gasteiger partial charge on any atom is 0.349 e. The number of hydrogen-bond donors (Lipinski definition) is 2. The Morgan fingerprint density at radius 1 is 1.62 bits per heavy atom. The molecule has 0 amide bonds. The lowest BCUT2D eigenvalue weighted by Gasteiger charge is -2.08. The van der Waals surface area contributed by atoms with Crippen LogP contribution in [0.4, 0.5) is 0 Å². The summed E-state index contributed by atoms with van der Waals surface area (Å²) in [4.78, 5) is 10.2. The van der Waals surface area contributed by atoms with Gasteiger partial charge in [0.2, 0.25) is 0 Å². The Bertz CT molecular complexity index is 307. The molecule has 0 radical (unpaired) electrons. The van der Waals surface area contributed by atoms with Gasteiger partial charge in [0.05, 0.1) is 12.4 Å². The Morgan fingerprint density at radius 3 is 2.38 bits per heavy atom.